The van der Waals surface area contributed by atoms with E-state index in [-0.39, 0.29) is 19.0 Å². The topological polar surface area (TPSA) is 86.7 Å². The third-order valence-corrected chi connectivity index (χ3v) is 2.83. The summed E-state index contributed by atoms with van der Waals surface area (Å²) in [4.78, 5) is 10.9. The van der Waals surface area contributed by atoms with Gasteiger partial charge in [0, 0.05) is 12.1 Å². The molecule has 1 amide bonds. The van der Waals surface area contributed by atoms with E-state index in [4.69, 9.17) is 19.6 Å². The number of carbonyl (C=O) groups excluding carboxylic acids is 1. The molecule has 0 saturated heterocycles. The van der Waals surface area contributed by atoms with Gasteiger partial charge in [0.05, 0.1) is 19.9 Å². The lowest BCUT2D eigenvalue weighted by atomic mass is 10.2. The maximum Gasteiger partial charge on any atom is 0.255 e. The highest BCUT2D eigenvalue weighted by molar-refractivity contribution is 5.85. The van der Waals surface area contributed by atoms with Gasteiger partial charge in [-0.05, 0) is 18.2 Å². The Bertz CT molecular complexity index is 587. The monoisotopic (exact) mass is 326 g/mol. The predicted octanol–water partition coefficient (Wildman–Crippen LogP) is 1.86. The fourth-order valence-corrected chi connectivity index (χ4v) is 1.90. The highest BCUT2D eigenvalue weighted by Gasteiger charge is 2.11. The molecule has 22 heavy (non-hydrogen) atoms. The number of rotatable bonds is 8. The third-order valence-electron chi connectivity index (χ3n) is 2.83. The fourth-order valence-electron chi connectivity index (χ4n) is 1.90. The lowest BCUT2D eigenvalue weighted by molar-refractivity contribution is -0.119. The van der Waals surface area contributed by atoms with E-state index in [1.807, 2.05) is 24.3 Å². The molecule has 0 aliphatic carbocycles. The van der Waals surface area contributed by atoms with Crippen molar-refractivity contribution >= 4 is 18.3 Å². The minimum Gasteiger partial charge on any atom is -0.493 e. The summed E-state index contributed by atoms with van der Waals surface area (Å²) < 4.78 is 15.9. The van der Waals surface area contributed by atoms with Crippen molar-refractivity contribution in [1.82, 2.24) is 5.32 Å². The van der Waals surface area contributed by atoms with Crippen molar-refractivity contribution in [3.05, 3.63) is 47.9 Å². The Morgan fingerprint density at radius 3 is 2.73 bits per heavy atom. The molecular weight excluding hydrogens is 308 g/mol. The van der Waals surface area contributed by atoms with Crippen LogP contribution in [0.15, 0.2) is 41.0 Å². The van der Waals surface area contributed by atoms with Crippen LogP contribution in [0.1, 0.15) is 11.3 Å². The van der Waals surface area contributed by atoms with Crippen LogP contribution in [0.5, 0.6) is 11.5 Å². The fraction of sp³-hybridized carbons (Fsp3) is 0.267. The highest BCUT2D eigenvalue weighted by Crippen LogP contribution is 2.31. The van der Waals surface area contributed by atoms with Crippen molar-refractivity contribution in [2.75, 3.05) is 13.7 Å². The maximum absolute atomic E-state index is 10.9. The van der Waals surface area contributed by atoms with Gasteiger partial charge < -0.3 is 24.9 Å². The van der Waals surface area contributed by atoms with Crippen LogP contribution in [-0.4, -0.2) is 19.6 Å². The van der Waals surface area contributed by atoms with Crippen LogP contribution < -0.4 is 20.5 Å². The summed E-state index contributed by atoms with van der Waals surface area (Å²) in [6.07, 6.45) is 1.63. The van der Waals surface area contributed by atoms with Gasteiger partial charge in [0.1, 0.15) is 5.76 Å². The van der Waals surface area contributed by atoms with Crippen molar-refractivity contribution in [1.29, 1.82) is 0 Å². The first-order chi connectivity index (χ1) is 10.2. The quantitative estimate of drug-likeness (QED) is 0.773. The third kappa shape index (κ3) is 4.98. The van der Waals surface area contributed by atoms with Crippen molar-refractivity contribution in [3.8, 4) is 11.5 Å². The van der Waals surface area contributed by atoms with Gasteiger partial charge in [-0.2, -0.15) is 0 Å². The van der Waals surface area contributed by atoms with Crippen molar-refractivity contribution in [3.63, 3.8) is 0 Å². The maximum atomic E-state index is 10.9. The number of carbonyl (C=O) groups is 1. The molecule has 3 N–H and O–H groups in total. The molecule has 1 aromatic heterocycles. The second-order valence-electron chi connectivity index (χ2n) is 4.39. The van der Waals surface area contributed by atoms with Gasteiger partial charge >= 0.3 is 0 Å². The summed E-state index contributed by atoms with van der Waals surface area (Å²) in [6.45, 7) is 0.955. The number of hydrogen-bond acceptors (Lipinski definition) is 5. The van der Waals surface area contributed by atoms with Gasteiger partial charge in [-0.25, -0.2) is 0 Å². The molecule has 0 bridgehead atoms. The Hall–Kier alpha value is -2.18. The number of nitrogens with one attached hydrogen (secondary N) is 1. The molecule has 6 nitrogen and oxygen atoms in total. The number of para-hydroxylation sites is 1. The zero-order valence-electron chi connectivity index (χ0n) is 12.2. The van der Waals surface area contributed by atoms with E-state index in [1.54, 1.807) is 19.4 Å². The smallest absolute Gasteiger partial charge is 0.255 e. The van der Waals surface area contributed by atoms with Crippen molar-refractivity contribution in [2.24, 2.45) is 5.73 Å². The summed E-state index contributed by atoms with van der Waals surface area (Å²) in [5, 5.41) is 3.24. The summed E-state index contributed by atoms with van der Waals surface area (Å²) in [5.41, 5.74) is 5.99. The molecule has 0 radical (unpaired) electrons. The van der Waals surface area contributed by atoms with Crippen molar-refractivity contribution < 1.29 is 18.7 Å². The molecule has 0 aliphatic heterocycles. The minimum atomic E-state index is -0.532. The van der Waals surface area contributed by atoms with Crippen LogP contribution in [0.2, 0.25) is 0 Å². The van der Waals surface area contributed by atoms with Gasteiger partial charge in [-0.3, -0.25) is 4.79 Å². The number of ether oxygens (including phenoxy) is 2. The number of nitrogens with two attached hydrogens (primary N) is 1. The molecule has 0 unspecified atom stereocenters. The summed E-state index contributed by atoms with van der Waals surface area (Å²) in [7, 11) is 1.55. The molecule has 7 heteroatoms. The van der Waals surface area contributed by atoms with Gasteiger partial charge in [-0.1, -0.05) is 12.1 Å². The zero-order chi connectivity index (χ0) is 15.1. The summed E-state index contributed by atoms with van der Waals surface area (Å²) in [6, 6.07) is 9.26. The first kappa shape index (κ1) is 17.9. The Labute approximate surface area is 135 Å². The average Bonchev–Trinajstić information content (AvgIpc) is 2.98. The van der Waals surface area contributed by atoms with E-state index in [0.29, 0.717) is 24.6 Å². The Kier molecular flexibility index (Phi) is 7.28. The van der Waals surface area contributed by atoms with Crippen LogP contribution in [0.4, 0.5) is 0 Å². The standard InChI is InChI=1S/C15H18N2O4.ClH/c1-19-13-6-2-4-11(15(13)21-10-14(16)18)8-17-9-12-5-3-7-20-12;/h2-7,17H,8-10H2,1H3,(H2,16,18);1H. The zero-order valence-corrected chi connectivity index (χ0v) is 13.0. The van der Waals surface area contributed by atoms with Crippen LogP contribution in [0.25, 0.3) is 0 Å². The highest BCUT2D eigenvalue weighted by atomic mass is 35.5. The van der Waals surface area contributed by atoms with Gasteiger partial charge in [0.25, 0.3) is 5.91 Å². The van der Waals surface area contributed by atoms with Crippen LogP contribution >= 0.6 is 12.4 Å². The van der Waals surface area contributed by atoms with E-state index in [9.17, 15) is 4.79 Å². The summed E-state index contributed by atoms with van der Waals surface area (Å²) >= 11 is 0. The molecule has 0 aliphatic rings. The molecule has 0 saturated carbocycles. The molecule has 0 atom stereocenters. The molecule has 2 rings (SSSR count). The summed E-state index contributed by atoms with van der Waals surface area (Å²) in [5.74, 6) is 1.40. The number of halogens is 1. The van der Waals surface area contributed by atoms with Crippen LogP contribution in [0.3, 0.4) is 0 Å². The first-order valence-electron chi connectivity index (χ1n) is 6.50. The van der Waals surface area contributed by atoms with Gasteiger partial charge in [0.2, 0.25) is 0 Å². The van der Waals surface area contributed by atoms with E-state index >= 15 is 0 Å². The SMILES string of the molecule is COc1cccc(CNCc2ccco2)c1OCC(N)=O.Cl. The van der Waals surface area contributed by atoms with E-state index < -0.39 is 5.91 Å². The number of amides is 1. The first-order valence-corrected chi connectivity index (χ1v) is 6.50. The second-order valence-corrected chi connectivity index (χ2v) is 4.39. The van der Waals surface area contributed by atoms with Crippen LogP contribution in [0, 0.1) is 0 Å². The number of primary amides is 1. The molecule has 120 valence electrons. The van der Waals surface area contributed by atoms with Crippen molar-refractivity contribution in [2.45, 2.75) is 13.1 Å². The Morgan fingerprint density at radius 1 is 1.27 bits per heavy atom. The van der Waals surface area contributed by atoms with E-state index in [1.165, 1.54) is 0 Å². The number of methoxy groups -OCH3 is 1. The average molecular weight is 327 g/mol. The molecule has 1 heterocycles. The minimum absolute atomic E-state index is 0. The van der Waals surface area contributed by atoms with E-state index in [0.717, 1.165) is 11.3 Å². The lowest BCUT2D eigenvalue weighted by Crippen LogP contribution is -2.21. The number of hydrogen-bond donors (Lipinski definition) is 2. The molecule has 1 aromatic carbocycles. The molecular formula is C15H19ClN2O4. The molecule has 0 fully saturated rings. The Balaban J connectivity index is 0.00000242. The lowest BCUT2D eigenvalue weighted by Gasteiger charge is -2.14. The molecule has 0 spiro atoms. The number of furan rings is 1. The van der Waals surface area contributed by atoms with Gasteiger partial charge in [0.15, 0.2) is 18.1 Å². The normalized spacial score (nSPS) is 9.86. The molecule has 2 aromatic rings. The Morgan fingerprint density at radius 2 is 2.09 bits per heavy atom. The predicted molar refractivity (Wildman–Crippen MR) is 84.2 cm³/mol. The largest absolute Gasteiger partial charge is 0.493 e. The van der Waals surface area contributed by atoms with Gasteiger partial charge in [-0.15, -0.1) is 12.4 Å². The second kappa shape index (κ2) is 8.96. The number of benzene rings is 1. The van der Waals surface area contributed by atoms with E-state index in [2.05, 4.69) is 5.32 Å². The van der Waals surface area contributed by atoms with Crippen LogP contribution in [-0.2, 0) is 17.9 Å².